The largest absolute Gasteiger partial charge is 0.486 e. The van der Waals surface area contributed by atoms with E-state index in [1.165, 1.54) is 12.1 Å². The summed E-state index contributed by atoms with van der Waals surface area (Å²) < 4.78 is 36.4. The zero-order valence-corrected chi connectivity index (χ0v) is 9.79. The number of rotatable bonds is 3. The number of fused-ring (bicyclic) bond motifs is 1. The zero-order chi connectivity index (χ0) is 12.8. The quantitative estimate of drug-likeness (QED) is 0.902. The van der Waals surface area contributed by atoms with Crippen LogP contribution in [0.3, 0.4) is 0 Å². The Bertz CT molecular complexity index is 470. The van der Waals surface area contributed by atoms with Crippen molar-refractivity contribution in [1.29, 1.82) is 0 Å². The third-order valence-electron chi connectivity index (χ3n) is 3.34. The molecule has 1 saturated carbocycles. The van der Waals surface area contributed by atoms with Crippen molar-refractivity contribution < 1.29 is 23.4 Å². The molecule has 0 radical (unpaired) electrons. The van der Waals surface area contributed by atoms with E-state index >= 15 is 0 Å². The predicted octanol–water partition coefficient (Wildman–Crippen LogP) is 2.46. The second-order valence-electron chi connectivity index (χ2n) is 4.91. The van der Waals surface area contributed by atoms with Crippen LogP contribution in [0.4, 0.5) is 8.78 Å². The normalized spacial score (nSPS) is 20.0. The Kier molecular flexibility index (Phi) is 2.66. The summed E-state index contributed by atoms with van der Waals surface area (Å²) in [6, 6.07) is 2.73. The second kappa shape index (κ2) is 4.09. The third-order valence-corrected chi connectivity index (χ3v) is 3.34. The van der Waals surface area contributed by atoms with Gasteiger partial charge in [0.2, 0.25) is 0 Å². The van der Waals surface area contributed by atoms with Crippen LogP contribution in [0.15, 0.2) is 12.1 Å². The van der Waals surface area contributed by atoms with Crippen molar-refractivity contribution in [2.45, 2.75) is 31.3 Å². The fourth-order valence-corrected chi connectivity index (χ4v) is 2.18. The molecule has 1 heterocycles. The molecule has 5 heteroatoms. The molecular weight excluding hydrogens is 242 g/mol. The van der Waals surface area contributed by atoms with Crippen molar-refractivity contribution >= 4 is 0 Å². The van der Waals surface area contributed by atoms with Gasteiger partial charge in [-0.05, 0) is 25.0 Å². The van der Waals surface area contributed by atoms with Crippen molar-refractivity contribution in [2.24, 2.45) is 0 Å². The van der Waals surface area contributed by atoms with Gasteiger partial charge in [-0.3, -0.25) is 0 Å². The topological polar surface area (TPSA) is 38.7 Å². The SMILES string of the molecule is OC1(Cc2cc(C(F)F)cc3c2OCCO3)CC1. The van der Waals surface area contributed by atoms with Crippen molar-refractivity contribution in [3.05, 3.63) is 23.3 Å². The molecule has 0 aromatic heterocycles. The number of benzene rings is 1. The minimum absolute atomic E-state index is 0.0847. The summed E-state index contributed by atoms with van der Waals surface area (Å²) in [4.78, 5) is 0. The van der Waals surface area contributed by atoms with Crippen LogP contribution in [-0.4, -0.2) is 23.9 Å². The van der Waals surface area contributed by atoms with Gasteiger partial charge < -0.3 is 14.6 Å². The fourth-order valence-electron chi connectivity index (χ4n) is 2.18. The van der Waals surface area contributed by atoms with E-state index in [0.717, 1.165) is 0 Å². The molecule has 0 amide bonds. The van der Waals surface area contributed by atoms with E-state index in [2.05, 4.69) is 0 Å². The number of hydrogen-bond acceptors (Lipinski definition) is 3. The monoisotopic (exact) mass is 256 g/mol. The minimum atomic E-state index is -2.55. The molecule has 1 fully saturated rings. The molecule has 0 atom stereocenters. The van der Waals surface area contributed by atoms with Crippen molar-refractivity contribution in [3.63, 3.8) is 0 Å². The maximum absolute atomic E-state index is 12.8. The third kappa shape index (κ3) is 2.14. The molecular formula is C13H14F2O3. The van der Waals surface area contributed by atoms with E-state index < -0.39 is 12.0 Å². The first-order valence-corrected chi connectivity index (χ1v) is 6.00. The van der Waals surface area contributed by atoms with Gasteiger partial charge in [0.15, 0.2) is 11.5 Å². The number of hydrogen-bond donors (Lipinski definition) is 1. The molecule has 1 N–H and O–H groups in total. The van der Waals surface area contributed by atoms with Gasteiger partial charge in [-0.1, -0.05) is 0 Å². The van der Waals surface area contributed by atoms with Crippen molar-refractivity contribution in [2.75, 3.05) is 13.2 Å². The average Bonchev–Trinajstić information content (AvgIpc) is 3.06. The summed E-state index contributed by atoms with van der Waals surface area (Å²) in [5.74, 6) is 0.865. The molecule has 0 spiro atoms. The molecule has 2 aliphatic rings. The highest BCUT2D eigenvalue weighted by Gasteiger charge is 2.41. The lowest BCUT2D eigenvalue weighted by atomic mass is 10.0. The van der Waals surface area contributed by atoms with Gasteiger partial charge in [0.1, 0.15) is 13.2 Å². The first-order valence-electron chi connectivity index (χ1n) is 6.00. The fraction of sp³-hybridized carbons (Fsp3) is 0.538. The van der Waals surface area contributed by atoms with E-state index in [-0.39, 0.29) is 5.56 Å². The molecule has 1 aromatic carbocycles. The molecule has 0 bridgehead atoms. The lowest BCUT2D eigenvalue weighted by Crippen LogP contribution is -2.19. The predicted molar refractivity (Wildman–Crippen MR) is 60.3 cm³/mol. The van der Waals surface area contributed by atoms with Crippen LogP contribution in [0.2, 0.25) is 0 Å². The van der Waals surface area contributed by atoms with Crippen LogP contribution in [-0.2, 0) is 6.42 Å². The highest BCUT2D eigenvalue weighted by Crippen LogP contribution is 2.44. The van der Waals surface area contributed by atoms with Crippen LogP contribution in [0.1, 0.15) is 30.4 Å². The standard InChI is InChI=1S/C13H14F2O3/c14-12(15)8-5-9(7-13(16)1-2-13)11-10(6-8)17-3-4-18-11/h5-6,12,16H,1-4,7H2. The molecule has 0 saturated heterocycles. The summed E-state index contributed by atoms with van der Waals surface area (Å²) in [5, 5.41) is 9.93. The van der Waals surface area contributed by atoms with Gasteiger partial charge in [0.05, 0.1) is 5.60 Å². The number of aliphatic hydroxyl groups is 1. The van der Waals surface area contributed by atoms with E-state index in [1.807, 2.05) is 0 Å². The van der Waals surface area contributed by atoms with Crippen LogP contribution in [0, 0.1) is 0 Å². The number of halogens is 2. The summed E-state index contributed by atoms with van der Waals surface area (Å²) in [6.07, 6.45) is -0.782. The summed E-state index contributed by atoms with van der Waals surface area (Å²) in [5.41, 5.74) is -0.212. The Morgan fingerprint density at radius 1 is 1.22 bits per heavy atom. The smallest absolute Gasteiger partial charge is 0.263 e. The Balaban J connectivity index is 2.00. The molecule has 1 aliphatic carbocycles. The van der Waals surface area contributed by atoms with Crippen LogP contribution >= 0.6 is 0 Å². The van der Waals surface area contributed by atoms with Crippen LogP contribution in [0.5, 0.6) is 11.5 Å². The summed E-state index contributed by atoms with van der Waals surface area (Å²) in [6.45, 7) is 0.774. The number of ether oxygens (including phenoxy) is 2. The van der Waals surface area contributed by atoms with E-state index in [4.69, 9.17) is 9.47 Å². The summed E-state index contributed by atoms with van der Waals surface area (Å²) >= 11 is 0. The van der Waals surface area contributed by atoms with Crippen molar-refractivity contribution in [1.82, 2.24) is 0 Å². The summed E-state index contributed by atoms with van der Waals surface area (Å²) in [7, 11) is 0. The Morgan fingerprint density at radius 2 is 1.94 bits per heavy atom. The molecule has 1 aliphatic heterocycles. The van der Waals surface area contributed by atoms with E-state index in [9.17, 15) is 13.9 Å². The van der Waals surface area contributed by atoms with Crippen molar-refractivity contribution in [3.8, 4) is 11.5 Å². The van der Waals surface area contributed by atoms with Gasteiger partial charge in [0, 0.05) is 17.5 Å². The van der Waals surface area contributed by atoms with Crippen LogP contribution < -0.4 is 9.47 Å². The van der Waals surface area contributed by atoms with Gasteiger partial charge in [-0.15, -0.1) is 0 Å². The molecule has 98 valence electrons. The zero-order valence-electron chi connectivity index (χ0n) is 9.79. The first kappa shape index (κ1) is 11.7. The second-order valence-corrected chi connectivity index (χ2v) is 4.91. The molecule has 18 heavy (non-hydrogen) atoms. The Morgan fingerprint density at radius 3 is 2.61 bits per heavy atom. The van der Waals surface area contributed by atoms with E-state index in [1.54, 1.807) is 0 Å². The minimum Gasteiger partial charge on any atom is -0.486 e. The van der Waals surface area contributed by atoms with E-state index in [0.29, 0.717) is 49.5 Å². The van der Waals surface area contributed by atoms with Gasteiger partial charge in [0.25, 0.3) is 6.43 Å². The van der Waals surface area contributed by atoms with Gasteiger partial charge >= 0.3 is 0 Å². The number of alkyl halides is 2. The average molecular weight is 256 g/mol. The van der Waals surface area contributed by atoms with Gasteiger partial charge in [-0.2, -0.15) is 0 Å². The maximum atomic E-state index is 12.8. The lowest BCUT2D eigenvalue weighted by molar-refractivity contribution is 0.137. The Hall–Kier alpha value is -1.36. The highest BCUT2D eigenvalue weighted by molar-refractivity contribution is 5.51. The lowest BCUT2D eigenvalue weighted by Gasteiger charge is -2.23. The molecule has 0 unspecified atom stereocenters. The van der Waals surface area contributed by atoms with Crippen LogP contribution in [0.25, 0.3) is 0 Å². The maximum Gasteiger partial charge on any atom is 0.263 e. The Labute approximate surface area is 103 Å². The first-order chi connectivity index (χ1) is 8.57. The molecule has 1 aromatic rings. The molecule has 3 rings (SSSR count). The van der Waals surface area contributed by atoms with Gasteiger partial charge in [-0.25, -0.2) is 8.78 Å². The highest BCUT2D eigenvalue weighted by atomic mass is 19.3. The molecule has 3 nitrogen and oxygen atoms in total.